The summed E-state index contributed by atoms with van der Waals surface area (Å²) < 4.78 is 24.0. The van der Waals surface area contributed by atoms with Gasteiger partial charge in [0.15, 0.2) is 10.9 Å². The Morgan fingerprint density at radius 1 is 1.33 bits per heavy atom. The minimum atomic E-state index is -2.91. The van der Waals surface area contributed by atoms with E-state index in [0.717, 1.165) is 6.07 Å². The first kappa shape index (κ1) is 8.99. The molecule has 0 unspecified atom stereocenters. The van der Waals surface area contributed by atoms with E-state index in [4.69, 9.17) is 21.8 Å². The molecule has 0 bridgehead atoms. The molecular weight excluding hydrogens is 192 g/mol. The number of alkyl halides is 2. The summed E-state index contributed by atoms with van der Waals surface area (Å²) in [6.07, 6.45) is -2.91. The lowest BCUT2D eigenvalue weighted by molar-refractivity contribution is 0.141. The Hall–Kier alpha value is -1.10. The second kappa shape index (κ2) is 3.10. The monoisotopic (exact) mass is 195 g/mol. The summed E-state index contributed by atoms with van der Waals surface area (Å²) in [7, 11) is 0. The predicted octanol–water partition coefficient (Wildman–Crippen LogP) is 2.08. The molecule has 0 aliphatic heterocycles. The van der Waals surface area contributed by atoms with Crippen LogP contribution in [0.1, 0.15) is 12.1 Å². The van der Waals surface area contributed by atoms with E-state index in [1.807, 2.05) is 0 Å². The maximum absolute atomic E-state index is 12.0. The van der Waals surface area contributed by atoms with Crippen molar-refractivity contribution in [2.45, 2.75) is 6.43 Å². The molecule has 0 amide bonds. The van der Waals surface area contributed by atoms with Crippen molar-refractivity contribution in [3.8, 4) is 11.5 Å². The number of aromatic nitrogens is 1. The first-order valence-electron chi connectivity index (χ1n) is 2.89. The first-order valence-corrected chi connectivity index (χ1v) is 3.26. The summed E-state index contributed by atoms with van der Waals surface area (Å²) in [5.41, 5.74) is -0.835. The fourth-order valence-corrected chi connectivity index (χ4v) is 0.789. The van der Waals surface area contributed by atoms with E-state index in [1.54, 1.807) is 0 Å². The number of aromatic hydroxyl groups is 2. The fraction of sp³-hybridized carbons (Fsp3) is 0.167. The standard InChI is InChI=1S/C6H4ClF2NO2/c7-5-3(12)1-2(11)4(10-5)6(8)9/h1,6,11-12H. The van der Waals surface area contributed by atoms with Gasteiger partial charge in [0.1, 0.15) is 11.4 Å². The third-order valence-electron chi connectivity index (χ3n) is 1.17. The van der Waals surface area contributed by atoms with Crippen molar-refractivity contribution < 1.29 is 19.0 Å². The molecule has 66 valence electrons. The van der Waals surface area contributed by atoms with Gasteiger partial charge < -0.3 is 10.2 Å². The molecule has 1 aromatic heterocycles. The molecule has 0 aromatic carbocycles. The van der Waals surface area contributed by atoms with E-state index in [9.17, 15) is 8.78 Å². The molecule has 0 saturated heterocycles. The van der Waals surface area contributed by atoms with Gasteiger partial charge in [0.05, 0.1) is 0 Å². The maximum Gasteiger partial charge on any atom is 0.284 e. The summed E-state index contributed by atoms with van der Waals surface area (Å²) in [4.78, 5) is 3.09. The highest BCUT2D eigenvalue weighted by molar-refractivity contribution is 6.30. The van der Waals surface area contributed by atoms with Gasteiger partial charge in [0.2, 0.25) is 0 Å². The van der Waals surface area contributed by atoms with Crippen molar-refractivity contribution in [2.75, 3.05) is 0 Å². The Kier molecular flexibility index (Phi) is 2.32. The third-order valence-corrected chi connectivity index (χ3v) is 1.45. The Balaban J connectivity index is 3.23. The van der Waals surface area contributed by atoms with Crippen LogP contribution in [0.3, 0.4) is 0 Å². The van der Waals surface area contributed by atoms with Gasteiger partial charge in [-0.15, -0.1) is 0 Å². The quantitative estimate of drug-likeness (QED) is 0.675. The van der Waals surface area contributed by atoms with Crippen molar-refractivity contribution >= 4 is 11.6 Å². The number of nitrogens with zero attached hydrogens (tertiary/aromatic N) is 1. The van der Waals surface area contributed by atoms with Crippen LogP contribution >= 0.6 is 11.6 Å². The van der Waals surface area contributed by atoms with E-state index < -0.39 is 28.8 Å². The Morgan fingerprint density at radius 3 is 2.42 bits per heavy atom. The van der Waals surface area contributed by atoms with Crippen LogP contribution in [0.2, 0.25) is 5.15 Å². The van der Waals surface area contributed by atoms with Gasteiger partial charge in [-0.1, -0.05) is 11.6 Å². The minimum Gasteiger partial charge on any atom is -0.506 e. The van der Waals surface area contributed by atoms with E-state index in [1.165, 1.54) is 0 Å². The van der Waals surface area contributed by atoms with E-state index in [2.05, 4.69) is 4.98 Å². The molecule has 0 aliphatic rings. The predicted molar refractivity (Wildman–Crippen MR) is 37.5 cm³/mol. The zero-order valence-electron chi connectivity index (χ0n) is 5.63. The van der Waals surface area contributed by atoms with Crippen molar-refractivity contribution in [3.63, 3.8) is 0 Å². The molecule has 12 heavy (non-hydrogen) atoms. The number of hydrogen-bond donors (Lipinski definition) is 2. The number of rotatable bonds is 1. The van der Waals surface area contributed by atoms with E-state index >= 15 is 0 Å². The molecule has 2 N–H and O–H groups in total. The summed E-state index contributed by atoms with van der Waals surface area (Å²) in [6, 6.07) is 0.719. The van der Waals surface area contributed by atoms with Crippen molar-refractivity contribution in [1.29, 1.82) is 0 Å². The van der Waals surface area contributed by atoms with E-state index in [0.29, 0.717) is 0 Å². The number of pyridine rings is 1. The highest BCUT2D eigenvalue weighted by Gasteiger charge is 2.17. The molecule has 0 radical (unpaired) electrons. The average molecular weight is 196 g/mol. The summed E-state index contributed by atoms with van der Waals surface area (Å²) in [5, 5.41) is 17.2. The first-order chi connectivity index (χ1) is 5.52. The second-order valence-corrected chi connectivity index (χ2v) is 2.36. The zero-order chi connectivity index (χ0) is 9.30. The lowest BCUT2D eigenvalue weighted by Crippen LogP contribution is -1.91. The molecule has 0 fully saturated rings. The molecule has 1 aromatic rings. The van der Waals surface area contributed by atoms with Gasteiger partial charge in [-0.25, -0.2) is 13.8 Å². The van der Waals surface area contributed by atoms with Gasteiger partial charge in [-0.3, -0.25) is 0 Å². The summed E-state index contributed by atoms with van der Waals surface area (Å²) in [6.45, 7) is 0. The lowest BCUT2D eigenvalue weighted by Gasteiger charge is -2.03. The molecule has 1 rings (SSSR count). The van der Waals surface area contributed by atoms with Gasteiger partial charge in [0, 0.05) is 6.07 Å². The molecule has 3 nitrogen and oxygen atoms in total. The lowest BCUT2D eigenvalue weighted by atomic mass is 10.3. The van der Waals surface area contributed by atoms with Crippen LogP contribution in [-0.2, 0) is 0 Å². The van der Waals surface area contributed by atoms with Gasteiger partial charge in [0.25, 0.3) is 6.43 Å². The summed E-state index contributed by atoms with van der Waals surface area (Å²) >= 11 is 5.22. The Bertz CT molecular complexity index is 306. The highest BCUT2D eigenvalue weighted by atomic mass is 35.5. The number of halogens is 3. The Morgan fingerprint density at radius 2 is 1.92 bits per heavy atom. The van der Waals surface area contributed by atoms with Crippen LogP contribution < -0.4 is 0 Å². The van der Waals surface area contributed by atoms with Gasteiger partial charge >= 0.3 is 0 Å². The summed E-state index contributed by atoms with van der Waals surface area (Å²) in [5.74, 6) is -1.30. The SMILES string of the molecule is Oc1cc(O)c(C(F)F)nc1Cl. The van der Waals surface area contributed by atoms with Crippen molar-refractivity contribution in [2.24, 2.45) is 0 Å². The molecule has 6 heteroatoms. The zero-order valence-corrected chi connectivity index (χ0v) is 6.39. The van der Waals surface area contributed by atoms with Crippen LogP contribution in [0.15, 0.2) is 6.07 Å². The topological polar surface area (TPSA) is 53.4 Å². The third kappa shape index (κ3) is 1.55. The second-order valence-electron chi connectivity index (χ2n) is 2.00. The maximum atomic E-state index is 12.0. The van der Waals surface area contributed by atoms with Crippen LogP contribution in [-0.4, -0.2) is 15.2 Å². The molecule has 0 saturated carbocycles. The van der Waals surface area contributed by atoms with Crippen LogP contribution in [0.25, 0.3) is 0 Å². The number of hydrogen-bond acceptors (Lipinski definition) is 3. The van der Waals surface area contributed by atoms with Crippen LogP contribution in [0.4, 0.5) is 8.78 Å². The molecule has 0 aliphatic carbocycles. The minimum absolute atomic E-state index is 0.455. The van der Waals surface area contributed by atoms with Crippen LogP contribution in [0, 0.1) is 0 Å². The van der Waals surface area contributed by atoms with Crippen LogP contribution in [0.5, 0.6) is 11.5 Å². The normalized spacial score (nSPS) is 10.7. The van der Waals surface area contributed by atoms with Crippen molar-refractivity contribution in [3.05, 3.63) is 16.9 Å². The van der Waals surface area contributed by atoms with E-state index in [-0.39, 0.29) is 0 Å². The average Bonchev–Trinajstić information content (AvgIpc) is 1.96. The Labute approximate surface area is 71.2 Å². The highest BCUT2D eigenvalue weighted by Crippen LogP contribution is 2.32. The molecule has 0 atom stereocenters. The smallest absolute Gasteiger partial charge is 0.284 e. The molecular formula is C6H4ClF2NO2. The van der Waals surface area contributed by atoms with Gasteiger partial charge in [-0.2, -0.15) is 0 Å². The largest absolute Gasteiger partial charge is 0.506 e. The van der Waals surface area contributed by atoms with Gasteiger partial charge in [-0.05, 0) is 0 Å². The molecule has 0 spiro atoms. The molecule has 1 heterocycles. The van der Waals surface area contributed by atoms with Crippen molar-refractivity contribution in [1.82, 2.24) is 4.98 Å². The fourth-order valence-electron chi connectivity index (χ4n) is 0.644.